The van der Waals surface area contributed by atoms with Crippen LogP contribution in [-0.4, -0.2) is 14.1 Å². The van der Waals surface area contributed by atoms with Crippen LogP contribution >= 0.6 is 15.9 Å². The average Bonchev–Trinajstić information content (AvgIpc) is 2.38. The van der Waals surface area contributed by atoms with Crippen LogP contribution in [0, 0.1) is 11.8 Å². The number of hydrogen-bond donors (Lipinski definition) is 1. The third-order valence-corrected chi connectivity index (χ3v) is 5.46. The van der Waals surface area contributed by atoms with Gasteiger partial charge in [-0.05, 0) is 48.9 Å². The molecular weight excluding hydrogens is 340 g/mol. The van der Waals surface area contributed by atoms with Gasteiger partial charge in [0.2, 0.25) is 0 Å². The quantitative estimate of drug-likeness (QED) is 0.840. The van der Waals surface area contributed by atoms with E-state index in [1.54, 1.807) is 24.3 Å². The standard InChI is InChI=1S/C14H19BrN2O2S/c1-10-4-3-5-11(2)14(10)16-17-20(18,19)13-8-6-12(15)7-9-13/h6-11,17H,3-5H2,1-2H3/t10-,11+. The van der Waals surface area contributed by atoms with E-state index in [0.717, 1.165) is 23.0 Å². The van der Waals surface area contributed by atoms with Crippen LogP contribution in [0.25, 0.3) is 0 Å². The maximum absolute atomic E-state index is 12.2. The zero-order chi connectivity index (χ0) is 14.8. The van der Waals surface area contributed by atoms with Gasteiger partial charge in [-0.25, -0.2) is 4.83 Å². The molecule has 0 amide bonds. The highest BCUT2D eigenvalue weighted by Gasteiger charge is 2.24. The van der Waals surface area contributed by atoms with Crippen LogP contribution in [0.2, 0.25) is 0 Å². The van der Waals surface area contributed by atoms with Gasteiger partial charge in [0.25, 0.3) is 10.0 Å². The fourth-order valence-corrected chi connectivity index (χ4v) is 3.60. The average molecular weight is 359 g/mol. The third-order valence-electron chi connectivity index (χ3n) is 3.70. The predicted molar refractivity (Wildman–Crippen MR) is 84.1 cm³/mol. The van der Waals surface area contributed by atoms with E-state index in [1.165, 1.54) is 6.42 Å². The molecule has 110 valence electrons. The van der Waals surface area contributed by atoms with Crippen molar-refractivity contribution in [3.63, 3.8) is 0 Å². The van der Waals surface area contributed by atoms with E-state index in [1.807, 2.05) is 0 Å². The summed E-state index contributed by atoms with van der Waals surface area (Å²) in [6.45, 7) is 4.20. The Morgan fingerprint density at radius 3 is 2.25 bits per heavy atom. The van der Waals surface area contributed by atoms with Gasteiger partial charge in [-0.3, -0.25) is 0 Å². The summed E-state index contributed by atoms with van der Waals surface area (Å²) < 4.78 is 25.2. The monoisotopic (exact) mass is 358 g/mol. The van der Waals surface area contributed by atoms with Crippen molar-refractivity contribution in [2.45, 2.75) is 38.0 Å². The molecule has 0 aromatic heterocycles. The van der Waals surface area contributed by atoms with Crippen molar-refractivity contribution in [2.24, 2.45) is 16.9 Å². The Balaban J connectivity index is 2.18. The van der Waals surface area contributed by atoms with Gasteiger partial charge in [0, 0.05) is 10.2 Å². The Morgan fingerprint density at radius 1 is 1.15 bits per heavy atom. The van der Waals surface area contributed by atoms with Crippen LogP contribution in [0.1, 0.15) is 33.1 Å². The van der Waals surface area contributed by atoms with Gasteiger partial charge < -0.3 is 0 Å². The maximum Gasteiger partial charge on any atom is 0.276 e. The first kappa shape index (κ1) is 15.5. The van der Waals surface area contributed by atoms with Crippen LogP contribution in [0.5, 0.6) is 0 Å². The number of nitrogens with one attached hydrogen (secondary N) is 1. The first-order chi connectivity index (χ1) is 9.40. The molecule has 1 N–H and O–H groups in total. The number of halogens is 1. The molecule has 1 saturated carbocycles. The fourth-order valence-electron chi connectivity index (χ4n) is 2.51. The van der Waals surface area contributed by atoms with E-state index < -0.39 is 10.0 Å². The summed E-state index contributed by atoms with van der Waals surface area (Å²) in [6.07, 6.45) is 3.33. The second kappa shape index (κ2) is 6.26. The van der Waals surface area contributed by atoms with E-state index in [4.69, 9.17) is 0 Å². The minimum Gasteiger partial charge on any atom is -0.200 e. The maximum atomic E-state index is 12.2. The zero-order valence-corrected chi connectivity index (χ0v) is 14.0. The van der Waals surface area contributed by atoms with Crippen molar-refractivity contribution < 1.29 is 8.42 Å². The molecule has 4 nitrogen and oxygen atoms in total. The van der Waals surface area contributed by atoms with Gasteiger partial charge in [0.1, 0.15) is 0 Å². The molecule has 20 heavy (non-hydrogen) atoms. The molecule has 0 unspecified atom stereocenters. The van der Waals surface area contributed by atoms with Crippen molar-refractivity contribution in [3.8, 4) is 0 Å². The van der Waals surface area contributed by atoms with Gasteiger partial charge in [-0.15, -0.1) is 0 Å². The molecule has 1 aliphatic carbocycles. The molecule has 0 spiro atoms. The van der Waals surface area contributed by atoms with Crippen LogP contribution in [0.4, 0.5) is 0 Å². The first-order valence-corrected chi connectivity index (χ1v) is 9.02. The molecule has 0 bridgehead atoms. The Bertz CT molecular complexity index is 584. The van der Waals surface area contributed by atoms with E-state index in [-0.39, 0.29) is 4.90 Å². The van der Waals surface area contributed by atoms with E-state index in [2.05, 4.69) is 39.7 Å². The highest BCUT2D eigenvalue weighted by Crippen LogP contribution is 2.26. The summed E-state index contributed by atoms with van der Waals surface area (Å²) in [5.74, 6) is 0.678. The number of sulfonamides is 1. The predicted octanol–water partition coefficient (Wildman–Crippen LogP) is 3.54. The molecule has 2 rings (SSSR count). The highest BCUT2D eigenvalue weighted by molar-refractivity contribution is 9.10. The van der Waals surface area contributed by atoms with Crippen LogP contribution < -0.4 is 4.83 Å². The van der Waals surface area contributed by atoms with Gasteiger partial charge >= 0.3 is 0 Å². The highest BCUT2D eigenvalue weighted by atomic mass is 79.9. The second-order valence-corrected chi connectivity index (χ2v) is 7.89. The van der Waals surface area contributed by atoms with Crippen LogP contribution in [0.15, 0.2) is 38.7 Å². The molecule has 1 aliphatic rings. The summed E-state index contributed by atoms with van der Waals surface area (Å²) in [5.41, 5.74) is 0.955. The number of hydrogen-bond acceptors (Lipinski definition) is 3. The lowest BCUT2D eigenvalue weighted by Crippen LogP contribution is -2.29. The Labute approximate surface area is 128 Å². The molecule has 0 aliphatic heterocycles. The summed E-state index contributed by atoms with van der Waals surface area (Å²) in [7, 11) is -3.58. The lowest BCUT2D eigenvalue weighted by Gasteiger charge is -2.26. The molecule has 0 heterocycles. The topological polar surface area (TPSA) is 58.5 Å². The zero-order valence-electron chi connectivity index (χ0n) is 11.6. The third kappa shape index (κ3) is 3.61. The van der Waals surface area contributed by atoms with E-state index in [9.17, 15) is 8.42 Å². The Kier molecular flexibility index (Phi) is 4.86. The Morgan fingerprint density at radius 2 is 1.70 bits per heavy atom. The van der Waals surface area contributed by atoms with Crippen molar-refractivity contribution in [1.29, 1.82) is 0 Å². The summed E-state index contributed by atoms with van der Waals surface area (Å²) in [5, 5.41) is 4.18. The Hall–Kier alpha value is -0.880. The molecule has 1 aromatic rings. The van der Waals surface area contributed by atoms with Crippen molar-refractivity contribution in [1.82, 2.24) is 4.83 Å². The van der Waals surface area contributed by atoms with Gasteiger partial charge in [-0.1, -0.05) is 36.2 Å². The summed E-state index contributed by atoms with van der Waals surface area (Å²) >= 11 is 3.29. The number of nitrogens with zero attached hydrogens (tertiary/aromatic N) is 1. The summed E-state index contributed by atoms with van der Waals surface area (Å²) in [6, 6.07) is 6.52. The van der Waals surface area contributed by atoms with Gasteiger partial charge in [0.05, 0.1) is 4.90 Å². The van der Waals surface area contributed by atoms with Crippen LogP contribution in [-0.2, 0) is 10.0 Å². The normalized spacial score (nSPS) is 25.6. The van der Waals surface area contributed by atoms with E-state index >= 15 is 0 Å². The molecule has 1 fully saturated rings. The minimum atomic E-state index is -3.58. The van der Waals surface area contributed by atoms with Crippen molar-refractivity contribution in [3.05, 3.63) is 28.7 Å². The number of benzene rings is 1. The van der Waals surface area contributed by atoms with Crippen molar-refractivity contribution in [2.75, 3.05) is 0 Å². The second-order valence-electron chi connectivity index (χ2n) is 5.32. The molecule has 2 atom stereocenters. The first-order valence-electron chi connectivity index (χ1n) is 6.75. The van der Waals surface area contributed by atoms with Crippen molar-refractivity contribution >= 4 is 31.7 Å². The molecule has 0 radical (unpaired) electrons. The SMILES string of the molecule is C[C@@H]1CCC[C@H](C)C1=NNS(=O)(=O)c1ccc(Br)cc1. The molecule has 6 heteroatoms. The number of hydrazone groups is 1. The minimum absolute atomic E-state index is 0.223. The lowest BCUT2D eigenvalue weighted by atomic mass is 9.81. The molecular formula is C14H19BrN2O2S. The smallest absolute Gasteiger partial charge is 0.200 e. The molecule has 0 saturated heterocycles. The van der Waals surface area contributed by atoms with Gasteiger partial charge in [0.15, 0.2) is 0 Å². The lowest BCUT2D eigenvalue weighted by molar-refractivity contribution is 0.483. The van der Waals surface area contributed by atoms with Gasteiger partial charge in [-0.2, -0.15) is 13.5 Å². The van der Waals surface area contributed by atoms with E-state index in [0.29, 0.717) is 11.8 Å². The molecule has 1 aromatic carbocycles. The fraction of sp³-hybridized carbons (Fsp3) is 0.500. The van der Waals surface area contributed by atoms with Crippen LogP contribution in [0.3, 0.4) is 0 Å². The number of rotatable bonds is 3. The largest absolute Gasteiger partial charge is 0.276 e. The summed E-state index contributed by atoms with van der Waals surface area (Å²) in [4.78, 5) is 2.59.